The summed E-state index contributed by atoms with van der Waals surface area (Å²) in [6.07, 6.45) is 0.938. The van der Waals surface area contributed by atoms with Gasteiger partial charge in [-0.1, -0.05) is 29.3 Å². The fraction of sp³-hybridized carbons (Fsp3) is 0.364. The fourth-order valence-electron chi connectivity index (χ4n) is 1.75. The van der Waals surface area contributed by atoms with Crippen molar-refractivity contribution in [3.8, 4) is 0 Å². The Balaban J connectivity index is 2.13. The van der Waals surface area contributed by atoms with Crippen LogP contribution in [0.5, 0.6) is 0 Å². The Morgan fingerprint density at radius 1 is 1.38 bits per heavy atom. The summed E-state index contributed by atoms with van der Waals surface area (Å²) in [6.45, 7) is 1.73. The van der Waals surface area contributed by atoms with E-state index in [2.05, 4.69) is 10.6 Å². The van der Waals surface area contributed by atoms with E-state index in [1.807, 2.05) is 0 Å². The normalized spacial score (nSPS) is 19.8. The summed E-state index contributed by atoms with van der Waals surface area (Å²) in [5, 5.41) is 6.85. The zero-order chi connectivity index (χ0) is 11.5. The lowest BCUT2D eigenvalue weighted by Crippen LogP contribution is -2.36. The number of halogens is 2. The summed E-state index contributed by atoms with van der Waals surface area (Å²) in [5.41, 5.74) is 0.359. The van der Waals surface area contributed by atoms with Crippen molar-refractivity contribution in [3.05, 3.63) is 33.8 Å². The minimum Gasteiger partial charge on any atom is -0.348 e. The van der Waals surface area contributed by atoms with E-state index in [1.165, 1.54) is 0 Å². The second-order valence-corrected chi connectivity index (χ2v) is 4.57. The predicted molar refractivity (Wildman–Crippen MR) is 65.2 cm³/mol. The molecule has 86 valence electrons. The van der Waals surface area contributed by atoms with Crippen LogP contribution in [0.2, 0.25) is 10.0 Å². The highest BCUT2D eigenvalue weighted by atomic mass is 35.5. The Kier molecular flexibility index (Phi) is 3.69. The van der Waals surface area contributed by atoms with Gasteiger partial charge in [0, 0.05) is 12.6 Å². The summed E-state index contributed by atoms with van der Waals surface area (Å²) in [4.78, 5) is 11.9. The van der Waals surface area contributed by atoms with Gasteiger partial charge in [0.1, 0.15) is 0 Å². The maximum absolute atomic E-state index is 11.9. The molecule has 0 bridgehead atoms. The van der Waals surface area contributed by atoms with Crippen LogP contribution in [0, 0.1) is 0 Å². The molecule has 1 aliphatic rings. The van der Waals surface area contributed by atoms with E-state index in [4.69, 9.17) is 23.2 Å². The maximum Gasteiger partial charge on any atom is 0.254 e. The van der Waals surface area contributed by atoms with Crippen LogP contribution in [0.1, 0.15) is 16.8 Å². The fourth-order valence-corrected chi connectivity index (χ4v) is 2.32. The minimum absolute atomic E-state index is 0.167. The molecule has 0 aliphatic carbocycles. The Morgan fingerprint density at radius 3 is 2.62 bits per heavy atom. The first-order chi connectivity index (χ1) is 7.68. The Labute approximate surface area is 104 Å². The molecule has 1 saturated heterocycles. The molecule has 1 fully saturated rings. The number of rotatable bonds is 2. The van der Waals surface area contributed by atoms with Crippen LogP contribution in [0.3, 0.4) is 0 Å². The van der Waals surface area contributed by atoms with Gasteiger partial charge in [-0.3, -0.25) is 4.79 Å². The second-order valence-electron chi connectivity index (χ2n) is 3.76. The molecule has 0 spiro atoms. The topological polar surface area (TPSA) is 41.1 Å². The lowest BCUT2D eigenvalue weighted by Gasteiger charge is -2.12. The molecule has 1 atom stereocenters. The molecular formula is C11H12Cl2N2O. The number of carbonyl (C=O) groups excluding carboxylic acids is 1. The van der Waals surface area contributed by atoms with Crippen LogP contribution in [-0.4, -0.2) is 25.0 Å². The van der Waals surface area contributed by atoms with Crippen molar-refractivity contribution in [3.63, 3.8) is 0 Å². The van der Waals surface area contributed by atoms with E-state index in [0.29, 0.717) is 15.6 Å². The smallest absolute Gasteiger partial charge is 0.254 e. The highest BCUT2D eigenvalue weighted by Gasteiger charge is 2.20. The van der Waals surface area contributed by atoms with Gasteiger partial charge in [0.25, 0.3) is 5.91 Å². The number of hydrogen-bond donors (Lipinski definition) is 2. The quantitative estimate of drug-likeness (QED) is 0.853. The number of nitrogens with one attached hydrogen (secondary N) is 2. The molecule has 3 nitrogen and oxygen atoms in total. The van der Waals surface area contributed by atoms with Crippen LogP contribution >= 0.6 is 23.2 Å². The number of carbonyl (C=O) groups is 1. The largest absolute Gasteiger partial charge is 0.348 e. The van der Waals surface area contributed by atoms with Crippen LogP contribution in [0.4, 0.5) is 0 Å². The average Bonchev–Trinajstić information content (AvgIpc) is 2.70. The van der Waals surface area contributed by atoms with Crippen LogP contribution < -0.4 is 10.6 Å². The van der Waals surface area contributed by atoms with Gasteiger partial charge in [0.05, 0.1) is 15.6 Å². The van der Waals surface area contributed by atoms with Crippen LogP contribution in [0.15, 0.2) is 18.2 Å². The molecule has 5 heteroatoms. The van der Waals surface area contributed by atoms with Crippen molar-refractivity contribution >= 4 is 29.1 Å². The first-order valence-electron chi connectivity index (χ1n) is 5.14. The molecule has 2 rings (SSSR count). The number of benzene rings is 1. The molecule has 2 N–H and O–H groups in total. The van der Waals surface area contributed by atoms with E-state index in [1.54, 1.807) is 18.2 Å². The van der Waals surface area contributed by atoms with E-state index < -0.39 is 0 Å². The highest BCUT2D eigenvalue weighted by Crippen LogP contribution is 2.24. The lowest BCUT2D eigenvalue weighted by atomic mass is 10.2. The third-order valence-corrected chi connectivity index (χ3v) is 3.22. The third kappa shape index (κ3) is 2.48. The predicted octanol–water partition coefficient (Wildman–Crippen LogP) is 2.09. The minimum atomic E-state index is -0.204. The Hall–Kier alpha value is -0.770. The van der Waals surface area contributed by atoms with Gasteiger partial charge in [-0.2, -0.15) is 0 Å². The summed E-state index contributed by atoms with van der Waals surface area (Å²) in [6, 6.07) is 5.21. The second kappa shape index (κ2) is 5.04. The van der Waals surface area contributed by atoms with Crippen LogP contribution in [-0.2, 0) is 0 Å². The number of hydrogen-bond acceptors (Lipinski definition) is 2. The molecule has 16 heavy (non-hydrogen) atoms. The van der Waals surface area contributed by atoms with Gasteiger partial charge in [-0.15, -0.1) is 0 Å². The van der Waals surface area contributed by atoms with E-state index in [0.717, 1.165) is 19.5 Å². The standard InChI is InChI=1S/C11H12Cl2N2O/c12-8-2-1-3-9(13)10(8)11(16)15-7-4-5-14-6-7/h1-3,7,14H,4-6H2,(H,15,16)/t7-/m1/s1. The first kappa shape index (κ1) is 11.7. The van der Waals surface area contributed by atoms with Gasteiger partial charge in [0.2, 0.25) is 0 Å². The van der Waals surface area contributed by atoms with Crippen molar-refractivity contribution < 1.29 is 4.79 Å². The first-order valence-corrected chi connectivity index (χ1v) is 5.89. The zero-order valence-corrected chi connectivity index (χ0v) is 10.1. The zero-order valence-electron chi connectivity index (χ0n) is 8.59. The van der Waals surface area contributed by atoms with Gasteiger partial charge < -0.3 is 10.6 Å². The van der Waals surface area contributed by atoms with E-state index in [-0.39, 0.29) is 11.9 Å². The molecule has 1 amide bonds. The molecule has 0 saturated carbocycles. The summed E-state index contributed by atoms with van der Waals surface area (Å²) in [5.74, 6) is -0.204. The summed E-state index contributed by atoms with van der Waals surface area (Å²) < 4.78 is 0. The Morgan fingerprint density at radius 2 is 2.06 bits per heavy atom. The van der Waals surface area contributed by atoms with Gasteiger partial charge in [-0.25, -0.2) is 0 Å². The molecule has 1 heterocycles. The van der Waals surface area contributed by atoms with Crippen molar-refractivity contribution in [1.82, 2.24) is 10.6 Å². The molecular weight excluding hydrogens is 247 g/mol. The molecule has 0 unspecified atom stereocenters. The van der Waals surface area contributed by atoms with E-state index >= 15 is 0 Å². The van der Waals surface area contributed by atoms with Gasteiger partial charge in [-0.05, 0) is 25.1 Å². The molecule has 1 aromatic carbocycles. The van der Waals surface area contributed by atoms with Gasteiger partial charge in [0.15, 0.2) is 0 Å². The van der Waals surface area contributed by atoms with Crippen LogP contribution in [0.25, 0.3) is 0 Å². The van der Waals surface area contributed by atoms with Crippen molar-refractivity contribution in [2.45, 2.75) is 12.5 Å². The van der Waals surface area contributed by atoms with Crippen molar-refractivity contribution in [2.75, 3.05) is 13.1 Å². The van der Waals surface area contributed by atoms with Gasteiger partial charge >= 0.3 is 0 Å². The highest BCUT2D eigenvalue weighted by molar-refractivity contribution is 6.39. The summed E-state index contributed by atoms with van der Waals surface area (Å²) >= 11 is 11.9. The molecule has 1 aromatic rings. The summed E-state index contributed by atoms with van der Waals surface area (Å²) in [7, 11) is 0. The monoisotopic (exact) mass is 258 g/mol. The van der Waals surface area contributed by atoms with Crippen molar-refractivity contribution in [1.29, 1.82) is 0 Å². The molecule has 0 aromatic heterocycles. The average molecular weight is 259 g/mol. The lowest BCUT2D eigenvalue weighted by molar-refractivity contribution is 0.0940. The van der Waals surface area contributed by atoms with E-state index in [9.17, 15) is 4.79 Å². The molecule has 0 radical (unpaired) electrons. The number of amides is 1. The van der Waals surface area contributed by atoms with Crippen molar-refractivity contribution in [2.24, 2.45) is 0 Å². The Bertz CT molecular complexity index is 383. The maximum atomic E-state index is 11.9. The SMILES string of the molecule is O=C(N[C@@H]1CCNC1)c1c(Cl)cccc1Cl. The molecule has 1 aliphatic heterocycles. The third-order valence-electron chi connectivity index (χ3n) is 2.59.